The molecule has 1 rings (SSSR count). The van der Waals surface area contributed by atoms with E-state index in [4.69, 9.17) is 20.3 Å². The largest absolute Gasteiger partial charge is 0.508 e. The first-order valence-corrected chi connectivity index (χ1v) is 16.7. The van der Waals surface area contributed by atoms with Gasteiger partial charge in [-0.3, -0.25) is 14.4 Å². The van der Waals surface area contributed by atoms with Gasteiger partial charge in [0.15, 0.2) is 12.2 Å². The lowest BCUT2D eigenvalue weighted by Crippen LogP contribution is -2.56. The third-order valence-corrected chi connectivity index (χ3v) is 7.50. The second-order valence-corrected chi connectivity index (χ2v) is 13.0. The van der Waals surface area contributed by atoms with Gasteiger partial charge in [0.1, 0.15) is 41.7 Å². The maximum atomic E-state index is 13.7. The molecule has 0 saturated heterocycles. The van der Waals surface area contributed by atoms with Gasteiger partial charge in [-0.15, -0.1) is 0 Å². The van der Waals surface area contributed by atoms with E-state index in [1.165, 1.54) is 31.4 Å². The Kier molecular flexibility index (Phi) is 19.6. The zero-order valence-corrected chi connectivity index (χ0v) is 29.7. The Morgan fingerprint density at radius 2 is 1.29 bits per heavy atom. The highest BCUT2D eigenvalue weighted by molar-refractivity contribution is 5.93. The van der Waals surface area contributed by atoms with Crippen LogP contribution in [0.2, 0.25) is 0 Å². The van der Waals surface area contributed by atoms with E-state index in [0.29, 0.717) is 24.9 Å². The minimum Gasteiger partial charge on any atom is -0.508 e. The summed E-state index contributed by atoms with van der Waals surface area (Å²) in [5.74, 6) is -5.32. The quantitative estimate of drug-likeness (QED) is 0.0448. The number of phenolic OH excluding ortho intramolecular Hbond substituents is 1. The van der Waals surface area contributed by atoms with Gasteiger partial charge in [0.05, 0.1) is 7.11 Å². The molecule has 0 radical (unpaired) electrons. The molecule has 1 aromatic rings. The van der Waals surface area contributed by atoms with Crippen molar-refractivity contribution in [1.29, 1.82) is 0 Å². The number of carboxylic acids is 1. The third-order valence-electron chi connectivity index (χ3n) is 7.50. The normalized spacial score (nSPS) is 15.4. The summed E-state index contributed by atoms with van der Waals surface area (Å²) in [6.45, 7) is 5.07. The average Bonchev–Trinajstić information content (AvgIpc) is 3.08. The van der Waals surface area contributed by atoms with Gasteiger partial charge in [-0.25, -0.2) is 14.4 Å². The summed E-state index contributed by atoms with van der Waals surface area (Å²) < 4.78 is 10.1. The van der Waals surface area contributed by atoms with Gasteiger partial charge in [0.25, 0.3) is 5.91 Å². The van der Waals surface area contributed by atoms with Crippen LogP contribution in [0.3, 0.4) is 0 Å². The fourth-order valence-corrected chi connectivity index (χ4v) is 4.69. The fraction of sp³-hybridized carbons (Fsp3) is 0.636. The molecular weight excluding hydrogens is 690 g/mol. The summed E-state index contributed by atoms with van der Waals surface area (Å²) >= 11 is 0. The van der Waals surface area contributed by atoms with E-state index < -0.39 is 83.9 Å². The molecule has 0 fully saturated rings. The number of alkyl carbamates (subject to hydrolysis) is 1. The Morgan fingerprint density at radius 1 is 0.750 bits per heavy atom. The standard InChI is InChI=1S/C33H53N5O14/c1-33(2,3)52-32(50)38-20(9-6-8-16-35-29(46)25(42)23(40)24(41)26(43)30(47)48)27(44)37-22(17-18-11-13-19(39)14-12-18)28(45)36-21(31(49)51-4)10-5-7-15-34/h11-14,20-26,39-43H,5-10,15-17,34H2,1-4H3,(H,35,46)(H,36,45)(H,37,44)(H,38,50)(H,47,48)/t20-,21?,22-,23?,24?,25?,26?/m0/s1. The van der Waals surface area contributed by atoms with E-state index in [1.807, 2.05) is 0 Å². The maximum Gasteiger partial charge on any atom is 0.408 e. The number of carbonyl (C=O) groups is 6. The number of esters is 1. The number of carboxylic acid groups (broad SMARTS) is 1. The van der Waals surface area contributed by atoms with Crippen molar-refractivity contribution in [3.05, 3.63) is 29.8 Å². The molecule has 5 unspecified atom stereocenters. The number of rotatable bonds is 22. The van der Waals surface area contributed by atoms with Crippen molar-refractivity contribution in [2.75, 3.05) is 20.2 Å². The second kappa shape index (κ2) is 22.4. The van der Waals surface area contributed by atoms with Gasteiger partial charge in [0, 0.05) is 13.0 Å². The Hall–Kier alpha value is -4.56. The zero-order chi connectivity index (χ0) is 39.6. The van der Waals surface area contributed by atoms with Gasteiger partial charge in [-0.1, -0.05) is 12.1 Å². The lowest BCUT2D eigenvalue weighted by Gasteiger charge is -2.26. The number of carbonyl (C=O) groups excluding carboxylic acids is 5. The number of aliphatic carboxylic acids is 1. The predicted octanol–water partition coefficient (Wildman–Crippen LogP) is -2.09. The van der Waals surface area contributed by atoms with Crippen molar-refractivity contribution >= 4 is 35.8 Å². The summed E-state index contributed by atoms with van der Waals surface area (Å²) in [6, 6.07) is 2.27. The number of nitrogens with two attached hydrogens (primary N) is 1. The van der Waals surface area contributed by atoms with Crippen LogP contribution in [0.1, 0.15) is 64.9 Å². The van der Waals surface area contributed by atoms with Gasteiger partial charge in [-0.05, 0) is 83.5 Å². The van der Waals surface area contributed by atoms with Crippen LogP contribution >= 0.6 is 0 Å². The number of hydrogen-bond acceptors (Lipinski definition) is 14. The van der Waals surface area contributed by atoms with Crippen molar-refractivity contribution in [1.82, 2.24) is 21.3 Å². The number of phenols is 1. The van der Waals surface area contributed by atoms with Crippen LogP contribution in [0, 0.1) is 0 Å². The van der Waals surface area contributed by atoms with Crippen molar-refractivity contribution in [2.45, 2.75) is 114 Å². The Morgan fingerprint density at radius 3 is 1.85 bits per heavy atom. The molecule has 4 amide bonds. The van der Waals surface area contributed by atoms with Crippen molar-refractivity contribution < 1.29 is 68.9 Å². The van der Waals surface area contributed by atoms with Crippen LogP contribution in [0.5, 0.6) is 5.75 Å². The number of methoxy groups -OCH3 is 1. The van der Waals surface area contributed by atoms with Crippen LogP contribution in [0.25, 0.3) is 0 Å². The van der Waals surface area contributed by atoms with Crippen LogP contribution in [-0.4, -0.2) is 135 Å². The summed E-state index contributed by atoms with van der Waals surface area (Å²) in [5.41, 5.74) is 5.17. The first kappa shape index (κ1) is 45.5. The van der Waals surface area contributed by atoms with Gasteiger partial charge in [-0.2, -0.15) is 0 Å². The Balaban J connectivity index is 3.11. The van der Waals surface area contributed by atoms with Gasteiger partial charge in [0.2, 0.25) is 11.8 Å². The number of hydrogen-bond donors (Lipinski definition) is 11. The van der Waals surface area contributed by atoms with E-state index in [0.717, 1.165) is 0 Å². The number of nitrogens with one attached hydrogen (secondary N) is 4. The molecule has 0 aliphatic carbocycles. The minimum atomic E-state index is -2.46. The number of aromatic hydroxyl groups is 1. The molecule has 1 aromatic carbocycles. The molecule has 19 heteroatoms. The van der Waals surface area contributed by atoms with Crippen LogP contribution in [-0.2, 0) is 39.9 Å². The van der Waals surface area contributed by atoms with Gasteiger partial charge < -0.3 is 67.1 Å². The van der Waals surface area contributed by atoms with E-state index >= 15 is 0 Å². The van der Waals surface area contributed by atoms with Crippen LogP contribution in [0.15, 0.2) is 24.3 Å². The lowest BCUT2D eigenvalue weighted by molar-refractivity contribution is -0.166. The highest BCUT2D eigenvalue weighted by atomic mass is 16.6. The first-order chi connectivity index (χ1) is 24.3. The number of ether oxygens (including phenoxy) is 2. The molecule has 19 nitrogen and oxygen atoms in total. The maximum absolute atomic E-state index is 13.7. The average molecular weight is 744 g/mol. The third kappa shape index (κ3) is 16.6. The Labute approximate surface area is 301 Å². The monoisotopic (exact) mass is 743 g/mol. The number of unbranched alkanes of at least 4 members (excludes halogenated alkanes) is 2. The molecule has 0 bridgehead atoms. The molecule has 52 heavy (non-hydrogen) atoms. The molecule has 0 aliphatic rings. The molecule has 0 heterocycles. The van der Waals surface area contributed by atoms with E-state index in [2.05, 4.69) is 21.3 Å². The van der Waals surface area contributed by atoms with E-state index in [-0.39, 0.29) is 44.4 Å². The first-order valence-electron chi connectivity index (χ1n) is 16.7. The lowest BCUT2D eigenvalue weighted by atomic mass is 10.0. The van der Waals surface area contributed by atoms with Crippen molar-refractivity contribution in [3.63, 3.8) is 0 Å². The smallest absolute Gasteiger partial charge is 0.408 e. The minimum absolute atomic E-state index is 0.0301. The molecule has 0 aliphatic heterocycles. The summed E-state index contributed by atoms with van der Waals surface area (Å²) in [6.07, 6.45) is -8.88. The predicted molar refractivity (Wildman–Crippen MR) is 182 cm³/mol. The molecule has 294 valence electrons. The topological polar surface area (TPSA) is 316 Å². The molecular formula is C33H53N5O14. The van der Waals surface area contributed by atoms with E-state index in [9.17, 15) is 54.3 Å². The number of aliphatic hydroxyl groups is 4. The molecule has 12 N–H and O–H groups in total. The van der Waals surface area contributed by atoms with Crippen LogP contribution < -0.4 is 27.0 Å². The molecule has 0 saturated carbocycles. The van der Waals surface area contributed by atoms with Gasteiger partial charge >= 0.3 is 18.0 Å². The van der Waals surface area contributed by atoms with Crippen molar-refractivity contribution in [2.24, 2.45) is 5.73 Å². The summed E-state index contributed by atoms with van der Waals surface area (Å²) in [4.78, 5) is 75.4. The van der Waals surface area contributed by atoms with Crippen molar-refractivity contribution in [3.8, 4) is 5.75 Å². The summed E-state index contributed by atoms with van der Waals surface area (Å²) in [5, 5.41) is 67.4. The van der Waals surface area contributed by atoms with Crippen LogP contribution in [0.4, 0.5) is 4.79 Å². The zero-order valence-electron chi connectivity index (χ0n) is 29.7. The molecule has 0 aromatic heterocycles. The number of benzene rings is 1. The Bertz CT molecular complexity index is 1320. The number of amides is 4. The van der Waals surface area contributed by atoms with E-state index in [1.54, 1.807) is 20.8 Å². The molecule has 7 atom stereocenters. The highest BCUT2D eigenvalue weighted by Crippen LogP contribution is 2.14. The molecule has 0 spiro atoms. The number of aliphatic hydroxyl groups excluding tert-OH is 4. The summed E-state index contributed by atoms with van der Waals surface area (Å²) in [7, 11) is 1.17. The second-order valence-electron chi connectivity index (χ2n) is 13.0. The fourth-order valence-electron chi connectivity index (χ4n) is 4.69. The SMILES string of the molecule is COC(=O)C(CCCCN)NC(=O)[C@H](Cc1ccc(O)cc1)NC(=O)[C@H](CCCCNC(=O)C(O)C(O)C(O)C(O)C(=O)O)NC(=O)OC(C)(C)C. The highest BCUT2D eigenvalue weighted by Gasteiger charge is 2.37.